The molecule has 0 spiro atoms. The predicted molar refractivity (Wildman–Crippen MR) is 134 cm³/mol. The first kappa shape index (κ1) is 23.9. The molecule has 0 saturated carbocycles. The highest BCUT2D eigenvalue weighted by molar-refractivity contribution is 6.17. The lowest BCUT2D eigenvalue weighted by atomic mass is 10.2. The quantitative estimate of drug-likeness (QED) is 0.364. The molecule has 4 aromatic rings. The van der Waals surface area contributed by atoms with Crippen LogP contribution in [0.3, 0.4) is 0 Å². The van der Waals surface area contributed by atoms with Crippen LogP contribution < -0.4 is 11.4 Å². The van der Waals surface area contributed by atoms with Crippen LogP contribution in [0.25, 0.3) is 22.1 Å². The molecule has 0 atom stereocenters. The van der Waals surface area contributed by atoms with Gasteiger partial charge in [0.15, 0.2) is 0 Å². The second kappa shape index (κ2) is 9.54. The van der Waals surface area contributed by atoms with Gasteiger partial charge in [-0.05, 0) is 57.9 Å². The highest BCUT2D eigenvalue weighted by Gasteiger charge is 2.24. The SMILES string of the molecule is CC(C)(C)OC(=O)n1c(=O)n(CCCn2c(=O)n(CCCCl)c3ccccc32)c2ccccc21. The van der Waals surface area contributed by atoms with Gasteiger partial charge < -0.3 is 4.74 Å². The van der Waals surface area contributed by atoms with Crippen molar-refractivity contribution in [2.45, 2.75) is 58.8 Å². The molecule has 0 aliphatic heterocycles. The Morgan fingerprint density at radius 3 is 1.71 bits per heavy atom. The largest absolute Gasteiger partial charge is 0.443 e. The Labute approximate surface area is 201 Å². The molecule has 2 heterocycles. The third kappa shape index (κ3) is 4.55. The van der Waals surface area contributed by atoms with Crippen LogP contribution in [0.4, 0.5) is 4.79 Å². The van der Waals surface area contributed by atoms with Crippen molar-refractivity contribution in [1.82, 2.24) is 18.3 Å². The molecule has 2 aromatic carbocycles. The summed E-state index contributed by atoms with van der Waals surface area (Å²) in [6.07, 6.45) is 0.534. The van der Waals surface area contributed by atoms with Crippen molar-refractivity contribution in [3.8, 4) is 0 Å². The number of fused-ring (bicyclic) bond motifs is 2. The van der Waals surface area contributed by atoms with E-state index in [9.17, 15) is 14.4 Å². The average Bonchev–Trinajstić information content (AvgIpc) is 3.22. The molecule has 0 N–H and O–H groups in total. The fourth-order valence-corrected chi connectivity index (χ4v) is 4.34. The van der Waals surface area contributed by atoms with Crippen LogP contribution in [0.15, 0.2) is 58.1 Å². The Balaban J connectivity index is 1.64. The molecule has 0 aliphatic carbocycles. The summed E-state index contributed by atoms with van der Waals surface area (Å²) in [5.41, 5.74) is 1.61. The number of hydrogen-bond acceptors (Lipinski definition) is 4. The van der Waals surface area contributed by atoms with Crippen molar-refractivity contribution in [2.24, 2.45) is 0 Å². The number of halogens is 1. The molecule has 2 aromatic heterocycles. The zero-order chi connectivity index (χ0) is 24.5. The summed E-state index contributed by atoms with van der Waals surface area (Å²) in [6, 6.07) is 14.8. The average molecular weight is 485 g/mol. The summed E-state index contributed by atoms with van der Waals surface area (Å²) in [4.78, 5) is 39.0. The number of imidazole rings is 2. The van der Waals surface area contributed by atoms with Crippen LogP contribution in [0.5, 0.6) is 0 Å². The number of carbonyl (C=O) groups excluding carboxylic acids is 1. The molecule has 180 valence electrons. The number of aromatic nitrogens is 4. The zero-order valence-corrected chi connectivity index (χ0v) is 20.4. The molecule has 0 unspecified atom stereocenters. The number of para-hydroxylation sites is 4. The molecular weight excluding hydrogens is 456 g/mol. The van der Waals surface area contributed by atoms with Crippen LogP contribution in [0.2, 0.25) is 0 Å². The van der Waals surface area contributed by atoms with Crippen LogP contribution in [-0.4, -0.2) is 35.8 Å². The maximum atomic E-state index is 13.2. The molecule has 4 rings (SSSR count). The molecule has 8 nitrogen and oxygen atoms in total. The first-order valence-corrected chi connectivity index (χ1v) is 11.9. The summed E-state index contributed by atoms with van der Waals surface area (Å²) in [5, 5.41) is 0. The van der Waals surface area contributed by atoms with Crippen LogP contribution in [0, 0.1) is 0 Å². The summed E-state index contributed by atoms with van der Waals surface area (Å²) in [7, 11) is 0. The molecule has 0 amide bonds. The number of ether oxygens (including phenoxy) is 1. The number of rotatable bonds is 7. The lowest BCUT2D eigenvalue weighted by molar-refractivity contribution is 0.0537. The molecule has 0 bridgehead atoms. The van der Waals surface area contributed by atoms with Crippen molar-refractivity contribution in [2.75, 3.05) is 5.88 Å². The third-order valence-electron chi connectivity index (χ3n) is 5.62. The molecule has 34 heavy (non-hydrogen) atoms. The molecule has 9 heteroatoms. The van der Waals surface area contributed by atoms with Crippen LogP contribution in [0.1, 0.15) is 33.6 Å². The minimum atomic E-state index is -0.724. The van der Waals surface area contributed by atoms with Gasteiger partial charge in [0.25, 0.3) is 0 Å². The zero-order valence-electron chi connectivity index (χ0n) is 19.7. The van der Waals surface area contributed by atoms with Crippen molar-refractivity contribution in [3.05, 3.63) is 69.5 Å². The van der Waals surface area contributed by atoms with Gasteiger partial charge in [-0.2, -0.15) is 4.57 Å². The van der Waals surface area contributed by atoms with E-state index >= 15 is 0 Å². The van der Waals surface area contributed by atoms with E-state index in [0.717, 1.165) is 15.6 Å². The van der Waals surface area contributed by atoms with Gasteiger partial charge in [-0.15, -0.1) is 11.6 Å². The predicted octanol–water partition coefficient (Wildman–Crippen LogP) is 4.42. The minimum Gasteiger partial charge on any atom is -0.443 e. The molecular formula is C25H29ClN4O4. The van der Waals surface area contributed by atoms with Gasteiger partial charge in [0.05, 0.1) is 22.1 Å². The van der Waals surface area contributed by atoms with E-state index in [-0.39, 0.29) is 5.69 Å². The van der Waals surface area contributed by atoms with E-state index in [2.05, 4.69) is 0 Å². The van der Waals surface area contributed by atoms with E-state index < -0.39 is 17.4 Å². The number of benzene rings is 2. The maximum Gasteiger partial charge on any atom is 0.423 e. The standard InChI is InChI=1S/C25H29ClN4O4/c1-25(2,3)34-24(33)30-21-13-7-6-12-20(21)29(23(30)32)17-9-16-28-19-11-5-4-10-18(19)27(22(28)31)15-8-14-26/h4-7,10-13H,8-9,14-17H2,1-3H3. The molecule has 0 saturated heterocycles. The molecule has 0 aliphatic rings. The smallest absolute Gasteiger partial charge is 0.423 e. The summed E-state index contributed by atoms with van der Waals surface area (Å²) in [5.74, 6) is 0.483. The van der Waals surface area contributed by atoms with E-state index in [1.165, 1.54) is 0 Å². The Kier molecular flexibility index (Phi) is 6.70. The molecule has 0 fully saturated rings. The summed E-state index contributed by atoms with van der Waals surface area (Å²) < 4.78 is 11.6. The number of carbonyl (C=O) groups is 1. The van der Waals surface area contributed by atoms with Gasteiger partial charge in [0.2, 0.25) is 0 Å². The lowest BCUT2D eigenvalue weighted by Crippen LogP contribution is -2.34. The van der Waals surface area contributed by atoms with Crippen molar-refractivity contribution < 1.29 is 9.53 Å². The maximum absolute atomic E-state index is 13.2. The van der Waals surface area contributed by atoms with Crippen molar-refractivity contribution in [1.29, 1.82) is 0 Å². The van der Waals surface area contributed by atoms with Gasteiger partial charge in [-0.1, -0.05) is 24.3 Å². The summed E-state index contributed by atoms with van der Waals surface area (Å²) in [6.45, 7) is 6.62. The fraction of sp³-hybridized carbons (Fsp3) is 0.400. The number of aryl methyl sites for hydroxylation is 3. The number of hydrogen-bond donors (Lipinski definition) is 0. The van der Waals surface area contributed by atoms with Crippen LogP contribution in [-0.2, 0) is 24.4 Å². The second-order valence-corrected chi connectivity index (χ2v) is 9.59. The normalized spacial score (nSPS) is 12.0. The highest BCUT2D eigenvalue weighted by atomic mass is 35.5. The van der Waals surface area contributed by atoms with Gasteiger partial charge >= 0.3 is 17.5 Å². The third-order valence-corrected chi connectivity index (χ3v) is 5.88. The second-order valence-electron chi connectivity index (χ2n) is 9.21. The Hall–Kier alpha value is -3.26. The van der Waals surface area contributed by atoms with E-state index in [1.54, 1.807) is 46.6 Å². The van der Waals surface area contributed by atoms with Crippen molar-refractivity contribution in [3.63, 3.8) is 0 Å². The Morgan fingerprint density at radius 1 is 0.765 bits per heavy atom. The van der Waals surface area contributed by atoms with Crippen molar-refractivity contribution >= 4 is 39.8 Å². The minimum absolute atomic E-state index is 0.0881. The number of nitrogens with zero attached hydrogens (tertiary/aromatic N) is 4. The lowest BCUT2D eigenvalue weighted by Gasteiger charge is -2.19. The van der Waals surface area contributed by atoms with Gasteiger partial charge in [0, 0.05) is 25.5 Å². The Morgan fingerprint density at radius 2 is 1.21 bits per heavy atom. The first-order valence-electron chi connectivity index (χ1n) is 11.4. The topological polar surface area (TPSA) is 80.2 Å². The first-order chi connectivity index (χ1) is 16.2. The number of alkyl halides is 1. The fourth-order valence-electron chi connectivity index (χ4n) is 4.22. The monoisotopic (exact) mass is 484 g/mol. The summed E-state index contributed by atoms with van der Waals surface area (Å²) >= 11 is 5.85. The van der Waals surface area contributed by atoms with E-state index in [1.807, 2.05) is 36.4 Å². The van der Waals surface area contributed by atoms with E-state index in [0.29, 0.717) is 49.4 Å². The van der Waals surface area contributed by atoms with Gasteiger partial charge in [-0.25, -0.2) is 14.4 Å². The highest BCUT2D eigenvalue weighted by Crippen LogP contribution is 2.17. The molecule has 0 radical (unpaired) electrons. The van der Waals surface area contributed by atoms with Crippen LogP contribution >= 0.6 is 11.6 Å². The van der Waals surface area contributed by atoms with E-state index in [4.69, 9.17) is 16.3 Å². The van der Waals surface area contributed by atoms with Gasteiger partial charge in [-0.3, -0.25) is 13.7 Å². The Bertz CT molecular complexity index is 1450. The van der Waals surface area contributed by atoms with Gasteiger partial charge in [0.1, 0.15) is 5.60 Å².